The van der Waals surface area contributed by atoms with E-state index in [0.717, 1.165) is 25.7 Å². The molecule has 8 nitrogen and oxygen atoms in total. The van der Waals surface area contributed by atoms with E-state index >= 15 is 0 Å². The predicted molar refractivity (Wildman–Crippen MR) is 68.2 cm³/mol. The van der Waals surface area contributed by atoms with Crippen LogP contribution in [0.1, 0.15) is 38.5 Å². The summed E-state index contributed by atoms with van der Waals surface area (Å²) in [5.74, 6) is -0.0848. The van der Waals surface area contributed by atoms with Gasteiger partial charge in [-0.25, -0.2) is 0 Å². The maximum absolute atomic E-state index is 11.2. The maximum Gasteiger partial charge on any atom is 0.369 e. The zero-order valence-corrected chi connectivity index (χ0v) is 12.2. The van der Waals surface area contributed by atoms with Crippen LogP contribution in [0, 0.1) is 5.92 Å². The Labute approximate surface area is 111 Å². The molecule has 1 rings (SSSR count). The van der Waals surface area contributed by atoms with Crippen molar-refractivity contribution >= 4 is 15.2 Å². The molecule has 2 unspecified atom stereocenters. The second-order valence-electron chi connectivity index (χ2n) is 5.11. The molecule has 114 valence electrons. The van der Waals surface area contributed by atoms with Crippen molar-refractivity contribution in [2.75, 3.05) is 0 Å². The van der Waals surface area contributed by atoms with Gasteiger partial charge >= 0.3 is 15.2 Å². The van der Waals surface area contributed by atoms with Gasteiger partial charge in [-0.3, -0.25) is 9.13 Å². The van der Waals surface area contributed by atoms with E-state index in [4.69, 9.17) is 25.3 Å². The maximum atomic E-state index is 11.2. The zero-order chi connectivity index (χ0) is 14.9. The molecule has 1 aliphatic carbocycles. The molecular formula is C9H21NO7P2. The standard InChI is InChI=1S/C9H21NO7P2/c10-8-4-2-1-3-7(8)5-6-9(11,18(12,13)14)19(15,16)17/h7-8,11H,1-6,10H2,(H2,12,13,14)(H2,15,16,17). The molecule has 2 atom stereocenters. The van der Waals surface area contributed by atoms with Gasteiger partial charge in [0.15, 0.2) is 0 Å². The molecule has 1 saturated carbocycles. The molecule has 1 aliphatic rings. The third-order valence-electron chi connectivity index (χ3n) is 3.75. The summed E-state index contributed by atoms with van der Waals surface area (Å²) >= 11 is 0. The minimum atomic E-state index is -5.35. The van der Waals surface area contributed by atoms with Crippen LogP contribution in [0.5, 0.6) is 0 Å². The van der Waals surface area contributed by atoms with Gasteiger partial charge in [-0.1, -0.05) is 12.8 Å². The Morgan fingerprint density at radius 3 is 1.95 bits per heavy atom. The van der Waals surface area contributed by atoms with Crippen LogP contribution < -0.4 is 5.73 Å². The van der Waals surface area contributed by atoms with Crippen molar-refractivity contribution in [3.8, 4) is 0 Å². The van der Waals surface area contributed by atoms with Crippen molar-refractivity contribution in [2.45, 2.75) is 49.6 Å². The van der Waals surface area contributed by atoms with Gasteiger partial charge in [0.1, 0.15) is 0 Å². The summed E-state index contributed by atoms with van der Waals surface area (Å²) in [4.78, 5) is 36.0. The molecular weight excluding hydrogens is 296 g/mol. The van der Waals surface area contributed by atoms with Gasteiger partial charge in [0.2, 0.25) is 0 Å². The molecule has 0 aromatic rings. The first-order valence-electron chi connectivity index (χ1n) is 6.08. The molecule has 0 aromatic heterocycles. The summed E-state index contributed by atoms with van der Waals surface area (Å²) in [6.45, 7) is 0. The van der Waals surface area contributed by atoms with Gasteiger partial charge in [-0.05, 0) is 25.2 Å². The second kappa shape index (κ2) is 5.92. The minimum absolute atomic E-state index is 0.0773. The van der Waals surface area contributed by atoms with Crippen LogP contribution >= 0.6 is 15.2 Å². The number of rotatable bonds is 5. The molecule has 0 heterocycles. The third kappa shape index (κ3) is 3.86. The number of aliphatic hydroxyl groups is 1. The van der Waals surface area contributed by atoms with Crippen LogP contribution in [-0.4, -0.2) is 35.8 Å². The molecule has 0 saturated heterocycles. The Morgan fingerprint density at radius 2 is 1.53 bits per heavy atom. The van der Waals surface area contributed by atoms with Crippen molar-refractivity contribution in [1.29, 1.82) is 0 Å². The van der Waals surface area contributed by atoms with Gasteiger partial charge in [-0.2, -0.15) is 0 Å². The Bertz CT molecular complexity index is 381. The molecule has 0 aliphatic heterocycles. The first-order valence-corrected chi connectivity index (χ1v) is 9.31. The monoisotopic (exact) mass is 317 g/mol. The summed E-state index contributed by atoms with van der Waals surface area (Å²) in [5.41, 5.74) is 5.86. The Balaban J connectivity index is 2.81. The molecule has 0 spiro atoms. The summed E-state index contributed by atoms with van der Waals surface area (Å²) < 4.78 is 22.4. The highest BCUT2D eigenvalue weighted by molar-refractivity contribution is 7.72. The van der Waals surface area contributed by atoms with E-state index in [9.17, 15) is 14.2 Å². The van der Waals surface area contributed by atoms with Crippen LogP contribution in [0.3, 0.4) is 0 Å². The lowest BCUT2D eigenvalue weighted by atomic mass is 9.82. The first-order chi connectivity index (χ1) is 8.49. The fourth-order valence-electron chi connectivity index (χ4n) is 2.43. The van der Waals surface area contributed by atoms with Crippen molar-refractivity contribution in [3.63, 3.8) is 0 Å². The van der Waals surface area contributed by atoms with Gasteiger partial charge in [0, 0.05) is 12.5 Å². The molecule has 1 fully saturated rings. The summed E-state index contributed by atoms with van der Waals surface area (Å²) in [6, 6.07) is -0.161. The fraction of sp³-hybridized carbons (Fsp3) is 1.00. The summed E-state index contributed by atoms with van der Waals surface area (Å²) in [6.07, 6.45) is 2.81. The summed E-state index contributed by atoms with van der Waals surface area (Å²) in [5, 5.41) is 6.43. The molecule has 7 N–H and O–H groups in total. The van der Waals surface area contributed by atoms with Crippen LogP contribution in [0.25, 0.3) is 0 Å². The van der Waals surface area contributed by atoms with Crippen molar-refractivity contribution < 1.29 is 33.8 Å². The number of hydrogen-bond donors (Lipinski definition) is 6. The van der Waals surface area contributed by atoms with Gasteiger partial charge in [0.25, 0.3) is 5.08 Å². The van der Waals surface area contributed by atoms with E-state index in [2.05, 4.69) is 0 Å². The van der Waals surface area contributed by atoms with E-state index in [1.807, 2.05) is 0 Å². The molecule has 10 heteroatoms. The average Bonchev–Trinajstić information content (AvgIpc) is 2.24. The number of hydrogen-bond acceptors (Lipinski definition) is 4. The Hall–Kier alpha value is 0.220. The van der Waals surface area contributed by atoms with Crippen LogP contribution in [0.15, 0.2) is 0 Å². The predicted octanol–water partition coefficient (Wildman–Crippen LogP) is 0.286. The van der Waals surface area contributed by atoms with E-state index in [-0.39, 0.29) is 18.4 Å². The highest BCUT2D eigenvalue weighted by Gasteiger charge is 2.59. The smallest absolute Gasteiger partial charge is 0.368 e. The van der Waals surface area contributed by atoms with Crippen LogP contribution in [0.2, 0.25) is 0 Å². The van der Waals surface area contributed by atoms with Crippen LogP contribution in [0.4, 0.5) is 0 Å². The number of nitrogens with two attached hydrogens (primary N) is 1. The minimum Gasteiger partial charge on any atom is -0.368 e. The highest BCUT2D eigenvalue weighted by atomic mass is 31.2. The van der Waals surface area contributed by atoms with Crippen LogP contribution in [-0.2, 0) is 9.13 Å². The molecule has 0 radical (unpaired) electrons. The van der Waals surface area contributed by atoms with E-state index in [1.54, 1.807) is 0 Å². The molecule has 0 bridgehead atoms. The molecule has 19 heavy (non-hydrogen) atoms. The van der Waals surface area contributed by atoms with Crippen molar-refractivity contribution in [3.05, 3.63) is 0 Å². The van der Waals surface area contributed by atoms with Gasteiger partial charge < -0.3 is 30.4 Å². The topological polar surface area (TPSA) is 161 Å². The van der Waals surface area contributed by atoms with Gasteiger partial charge in [0.05, 0.1) is 0 Å². The summed E-state index contributed by atoms with van der Waals surface area (Å²) in [7, 11) is -10.7. The lowest BCUT2D eigenvalue weighted by Crippen LogP contribution is -2.36. The van der Waals surface area contributed by atoms with Crippen molar-refractivity contribution in [1.82, 2.24) is 0 Å². The lowest BCUT2D eigenvalue weighted by molar-refractivity contribution is 0.111. The van der Waals surface area contributed by atoms with E-state index < -0.39 is 26.7 Å². The lowest BCUT2D eigenvalue weighted by Gasteiger charge is -2.33. The first kappa shape index (κ1) is 17.3. The second-order valence-corrected chi connectivity index (χ2v) is 9.12. The van der Waals surface area contributed by atoms with Gasteiger partial charge in [-0.15, -0.1) is 0 Å². The van der Waals surface area contributed by atoms with Crippen molar-refractivity contribution in [2.24, 2.45) is 11.7 Å². The quantitative estimate of drug-likeness (QED) is 0.394. The molecule has 0 aromatic carbocycles. The average molecular weight is 317 g/mol. The largest absolute Gasteiger partial charge is 0.369 e. The molecule has 0 amide bonds. The zero-order valence-electron chi connectivity index (χ0n) is 10.4. The van der Waals surface area contributed by atoms with E-state index in [0.29, 0.717) is 0 Å². The SMILES string of the molecule is NC1CCCCC1CCC(O)(P(=O)(O)O)P(=O)(O)O. The fourth-order valence-corrected chi connectivity index (χ4v) is 4.63. The van der Waals surface area contributed by atoms with E-state index in [1.165, 1.54) is 0 Å². The Kier molecular flexibility index (Phi) is 5.38. The normalized spacial score (nSPS) is 26.4. The Morgan fingerprint density at radius 1 is 1.05 bits per heavy atom. The third-order valence-corrected chi connectivity index (χ3v) is 7.63. The highest BCUT2D eigenvalue weighted by Crippen LogP contribution is 2.69.